The van der Waals surface area contributed by atoms with E-state index in [1.165, 1.54) is 22.6 Å². The first kappa shape index (κ1) is 20.4. The first-order chi connectivity index (χ1) is 16.0. The molecule has 6 rings (SSSR count). The molecule has 3 aromatic rings. The highest BCUT2D eigenvalue weighted by molar-refractivity contribution is 7.91. The molecule has 33 heavy (non-hydrogen) atoms. The van der Waals surface area contributed by atoms with Crippen molar-refractivity contribution >= 4 is 27.3 Å². The van der Waals surface area contributed by atoms with Gasteiger partial charge in [0.2, 0.25) is 21.7 Å². The van der Waals surface area contributed by atoms with Crippen molar-refractivity contribution in [2.75, 3.05) is 4.90 Å². The molecular formula is C27H23NO4S. The van der Waals surface area contributed by atoms with E-state index in [1.54, 1.807) is 42.5 Å². The summed E-state index contributed by atoms with van der Waals surface area (Å²) in [6.07, 6.45) is 1.87. The van der Waals surface area contributed by atoms with E-state index in [-0.39, 0.29) is 45.3 Å². The van der Waals surface area contributed by atoms with E-state index in [0.29, 0.717) is 11.6 Å². The average molecular weight is 458 g/mol. The molecule has 2 amide bonds. The number of imide groups is 1. The van der Waals surface area contributed by atoms with Gasteiger partial charge in [0.25, 0.3) is 0 Å². The summed E-state index contributed by atoms with van der Waals surface area (Å²) >= 11 is 0. The standard InChI is InChI=1S/C27H23NO4S/c29-26-24-18-15-22(17-7-3-1-4-8-17)23(16-18)25(24)27(30)28(26)19-11-13-21(14-12-19)33(31,32)20-9-5-2-6-10-20/h1-14,18,22-25H,15-16H2. The Balaban J connectivity index is 1.29. The quantitative estimate of drug-likeness (QED) is 0.543. The van der Waals surface area contributed by atoms with Crippen LogP contribution < -0.4 is 4.90 Å². The normalized spacial score (nSPS) is 28.4. The van der Waals surface area contributed by atoms with Crippen LogP contribution in [-0.4, -0.2) is 20.2 Å². The fraction of sp³-hybridized carbons (Fsp3) is 0.259. The molecule has 2 bridgehead atoms. The number of nitrogens with zero attached hydrogens (tertiary/aromatic N) is 1. The van der Waals surface area contributed by atoms with Crippen LogP contribution in [0.1, 0.15) is 24.3 Å². The Morgan fingerprint density at radius 1 is 0.667 bits per heavy atom. The van der Waals surface area contributed by atoms with Crippen molar-refractivity contribution in [3.05, 3.63) is 90.5 Å². The molecule has 0 radical (unpaired) electrons. The number of amides is 2. The van der Waals surface area contributed by atoms with E-state index in [2.05, 4.69) is 12.1 Å². The summed E-state index contributed by atoms with van der Waals surface area (Å²) in [7, 11) is -3.66. The van der Waals surface area contributed by atoms with Crippen LogP contribution >= 0.6 is 0 Å². The monoisotopic (exact) mass is 457 g/mol. The third kappa shape index (κ3) is 3.00. The third-order valence-electron chi connectivity index (χ3n) is 7.70. The van der Waals surface area contributed by atoms with Crippen LogP contribution in [0, 0.1) is 23.7 Å². The lowest BCUT2D eigenvalue weighted by Crippen LogP contribution is -2.33. The van der Waals surface area contributed by atoms with E-state index in [4.69, 9.17) is 0 Å². The van der Waals surface area contributed by atoms with Crippen molar-refractivity contribution in [1.29, 1.82) is 0 Å². The van der Waals surface area contributed by atoms with Crippen molar-refractivity contribution in [1.82, 2.24) is 0 Å². The van der Waals surface area contributed by atoms with Gasteiger partial charge >= 0.3 is 0 Å². The molecule has 3 aromatic carbocycles. The van der Waals surface area contributed by atoms with Gasteiger partial charge in [0.1, 0.15) is 0 Å². The lowest BCUT2D eigenvalue weighted by Gasteiger charge is -2.28. The maximum absolute atomic E-state index is 13.5. The number of benzene rings is 3. The molecule has 5 unspecified atom stereocenters. The van der Waals surface area contributed by atoms with Gasteiger partial charge < -0.3 is 0 Å². The van der Waals surface area contributed by atoms with Crippen LogP contribution in [0.25, 0.3) is 0 Å². The van der Waals surface area contributed by atoms with E-state index < -0.39 is 9.84 Å². The number of carbonyl (C=O) groups is 2. The summed E-state index contributed by atoms with van der Waals surface area (Å²) in [6.45, 7) is 0. The summed E-state index contributed by atoms with van der Waals surface area (Å²) in [4.78, 5) is 28.4. The summed E-state index contributed by atoms with van der Waals surface area (Å²) in [6, 6.07) is 24.6. The third-order valence-corrected chi connectivity index (χ3v) is 9.49. The zero-order chi connectivity index (χ0) is 22.7. The van der Waals surface area contributed by atoms with Gasteiger partial charge in [-0.25, -0.2) is 8.42 Å². The molecule has 0 aromatic heterocycles. The minimum Gasteiger partial charge on any atom is -0.274 e. The molecular weight excluding hydrogens is 434 g/mol. The topological polar surface area (TPSA) is 71.5 Å². The number of hydrogen-bond donors (Lipinski definition) is 0. The molecule has 0 N–H and O–H groups in total. The molecule has 3 aliphatic rings. The van der Waals surface area contributed by atoms with Crippen molar-refractivity contribution in [3.63, 3.8) is 0 Å². The molecule has 3 fully saturated rings. The predicted octanol–water partition coefficient (Wildman–Crippen LogP) is 4.45. The van der Waals surface area contributed by atoms with Gasteiger partial charge in [-0.15, -0.1) is 0 Å². The summed E-state index contributed by atoms with van der Waals surface area (Å²) in [5.41, 5.74) is 1.69. The van der Waals surface area contributed by atoms with Gasteiger partial charge in [-0.2, -0.15) is 0 Å². The molecule has 5 nitrogen and oxygen atoms in total. The molecule has 0 spiro atoms. The first-order valence-corrected chi connectivity index (χ1v) is 12.8. The van der Waals surface area contributed by atoms with Crippen molar-refractivity contribution in [2.45, 2.75) is 28.6 Å². The van der Waals surface area contributed by atoms with Crippen molar-refractivity contribution in [2.24, 2.45) is 23.7 Å². The Morgan fingerprint density at radius 3 is 1.91 bits per heavy atom. The number of rotatable bonds is 4. The van der Waals surface area contributed by atoms with Gasteiger partial charge in [0.05, 0.1) is 27.3 Å². The number of hydrogen-bond acceptors (Lipinski definition) is 4. The maximum Gasteiger partial charge on any atom is 0.237 e. The Kier molecular flexibility index (Phi) is 4.56. The zero-order valence-corrected chi connectivity index (χ0v) is 18.7. The summed E-state index contributed by atoms with van der Waals surface area (Å²) < 4.78 is 25.7. The molecule has 1 heterocycles. The van der Waals surface area contributed by atoms with Crippen molar-refractivity contribution in [3.8, 4) is 0 Å². The Morgan fingerprint density at radius 2 is 1.24 bits per heavy atom. The smallest absolute Gasteiger partial charge is 0.237 e. The van der Waals surface area contributed by atoms with Gasteiger partial charge in [-0.1, -0.05) is 48.5 Å². The zero-order valence-electron chi connectivity index (χ0n) is 17.9. The first-order valence-electron chi connectivity index (χ1n) is 11.3. The van der Waals surface area contributed by atoms with Gasteiger partial charge in [0.15, 0.2) is 0 Å². The predicted molar refractivity (Wildman–Crippen MR) is 123 cm³/mol. The molecule has 5 atom stereocenters. The lowest BCUT2D eigenvalue weighted by molar-refractivity contribution is -0.123. The van der Waals surface area contributed by atoms with Crippen molar-refractivity contribution < 1.29 is 18.0 Å². The van der Waals surface area contributed by atoms with Crippen LogP contribution in [0.15, 0.2) is 94.7 Å². The highest BCUT2D eigenvalue weighted by atomic mass is 32.2. The second kappa shape index (κ2) is 7.39. The molecule has 2 aliphatic carbocycles. The number of sulfone groups is 1. The summed E-state index contributed by atoms with van der Waals surface area (Å²) in [5.74, 6) is -0.0950. The highest BCUT2D eigenvalue weighted by Crippen LogP contribution is 2.61. The van der Waals surface area contributed by atoms with Crippen LogP contribution in [-0.2, 0) is 19.4 Å². The Hall–Kier alpha value is -3.25. The molecule has 2 saturated carbocycles. The summed E-state index contributed by atoms with van der Waals surface area (Å²) in [5, 5.41) is 0. The maximum atomic E-state index is 13.5. The fourth-order valence-corrected chi connectivity index (χ4v) is 7.59. The molecule has 1 saturated heterocycles. The highest BCUT2D eigenvalue weighted by Gasteiger charge is 2.64. The van der Waals surface area contributed by atoms with Gasteiger partial charge in [0, 0.05) is 0 Å². The van der Waals surface area contributed by atoms with E-state index in [9.17, 15) is 18.0 Å². The number of fused-ring (bicyclic) bond motifs is 5. The molecule has 166 valence electrons. The second-order valence-electron chi connectivity index (χ2n) is 9.29. The minimum atomic E-state index is -3.66. The minimum absolute atomic E-state index is 0.136. The SMILES string of the molecule is O=C1C2C3CC(c4ccccc4)C(C3)C2C(=O)N1c1ccc(S(=O)(=O)c2ccccc2)cc1. The fourth-order valence-electron chi connectivity index (χ4n) is 6.31. The Labute approximate surface area is 193 Å². The van der Waals surface area contributed by atoms with Crippen LogP contribution in [0.5, 0.6) is 0 Å². The van der Waals surface area contributed by atoms with Crippen LogP contribution in [0.3, 0.4) is 0 Å². The van der Waals surface area contributed by atoms with Crippen LogP contribution in [0.4, 0.5) is 5.69 Å². The van der Waals surface area contributed by atoms with E-state index >= 15 is 0 Å². The van der Waals surface area contributed by atoms with Gasteiger partial charge in [-0.05, 0) is 72.6 Å². The Bertz CT molecular complexity index is 1340. The molecule has 6 heteroatoms. The second-order valence-corrected chi connectivity index (χ2v) is 11.2. The lowest BCUT2D eigenvalue weighted by atomic mass is 9.73. The number of anilines is 1. The number of carbonyl (C=O) groups excluding carboxylic acids is 2. The van der Waals surface area contributed by atoms with E-state index in [0.717, 1.165) is 12.8 Å². The largest absolute Gasteiger partial charge is 0.274 e. The average Bonchev–Trinajstić information content (AvgIpc) is 3.52. The van der Waals surface area contributed by atoms with E-state index in [1.807, 2.05) is 18.2 Å². The van der Waals surface area contributed by atoms with Crippen LogP contribution in [0.2, 0.25) is 0 Å². The van der Waals surface area contributed by atoms with Gasteiger partial charge in [-0.3, -0.25) is 14.5 Å². The molecule has 1 aliphatic heterocycles.